The summed E-state index contributed by atoms with van der Waals surface area (Å²) in [5.74, 6) is 1.77. The number of aryl methyl sites for hydroxylation is 1. The minimum Gasteiger partial charge on any atom is -0.484 e. The lowest BCUT2D eigenvalue weighted by atomic mass is 9.96. The predicted molar refractivity (Wildman–Crippen MR) is 88.2 cm³/mol. The molecule has 0 spiro atoms. The molecule has 0 aliphatic carbocycles. The van der Waals surface area contributed by atoms with Crippen LogP contribution in [0.3, 0.4) is 0 Å². The van der Waals surface area contributed by atoms with E-state index in [0.717, 1.165) is 38.3 Å². The molecule has 1 aromatic carbocycles. The smallest absolute Gasteiger partial charge is 0.260 e. The Morgan fingerprint density at radius 1 is 1.29 bits per heavy atom. The Balaban J connectivity index is 1.43. The van der Waals surface area contributed by atoms with Crippen molar-refractivity contribution < 1.29 is 13.9 Å². The second-order valence-electron chi connectivity index (χ2n) is 6.19. The van der Waals surface area contributed by atoms with Crippen LogP contribution in [0.5, 0.6) is 5.75 Å². The van der Waals surface area contributed by atoms with E-state index in [-0.39, 0.29) is 18.3 Å². The number of halogens is 1. The zero-order valence-electron chi connectivity index (χ0n) is 13.8. The fraction of sp³-hybridized carbons (Fsp3) is 0.444. The maximum absolute atomic E-state index is 12.8. The lowest BCUT2D eigenvalue weighted by Gasteiger charge is -2.32. The number of rotatable bonds is 5. The van der Waals surface area contributed by atoms with E-state index in [0.29, 0.717) is 11.7 Å². The van der Waals surface area contributed by atoms with Crippen LogP contribution in [0.4, 0.5) is 4.39 Å². The van der Waals surface area contributed by atoms with Gasteiger partial charge in [-0.05, 0) is 49.9 Å². The summed E-state index contributed by atoms with van der Waals surface area (Å²) in [7, 11) is 0. The second-order valence-corrected chi connectivity index (χ2v) is 6.19. The minimum atomic E-state index is -0.316. The van der Waals surface area contributed by atoms with Crippen LogP contribution in [0.25, 0.3) is 0 Å². The molecule has 0 saturated carbocycles. The monoisotopic (exact) mass is 331 g/mol. The van der Waals surface area contributed by atoms with Crippen LogP contribution in [0.15, 0.2) is 36.7 Å². The van der Waals surface area contributed by atoms with Gasteiger partial charge in [-0.2, -0.15) is 0 Å². The Labute approximate surface area is 141 Å². The molecule has 0 unspecified atom stereocenters. The van der Waals surface area contributed by atoms with Gasteiger partial charge in [0.1, 0.15) is 17.4 Å². The number of benzene rings is 1. The van der Waals surface area contributed by atoms with Crippen LogP contribution in [-0.2, 0) is 11.3 Å². The highest BCUT2D eigenvalue weighted by molar-refractivity contribution is 5.77. The first-order valence-corrected chi connectivity index (χ1v) is 8.25. The molecule has 1 amide bonds. The molecular weight excluding hydrogens is 309 g/mol. The van der Waals surface area contributed by atoms with Crippen molar-refractivity contribution in [2.45, 2.75) is 26.3 Å². The summed E-state index contributed by atoms with van der Waals surface area (Å²) in [6, 6.07) is 5.71. The van der Waals surface area contributed by atoms with Gasteiger partial charge in [0.05, 0.1) is 0 Å². The van der Waals surface area contributed by atoms with E-state index in [1.807, 2.05) is 24.2 Å². The number of carbonyl (C=O) groups is 1. The molecule has 1 aromatic heterocycles. The number of hydrogen-bond donors (Lipinski definition) is 0. The fourth-order valence-corrected chi connectivity index (χ4v) is 3.01. The summed E-state index contributed by atoms with van der Waals surface area (Å²) in [5, 5.41) is 0. The largest absolute Gasteiger partial charge is 0.484 e. The van der Waals surface area contributed by atoms with Crippen molar-refractivity contribution in [3.63, 3.8) is 0 Å². The van der Waals surface area contributed by atoms with Crippen molar-refractivity contribution in [2.75, 3.05) is 19.7 Å². The Morgan fingerprint density at radius 3 is 2.62 bits per heavy atom. The summed E-state index contributed by atoms with van der Waals surface area (Å²) in [5.41, 5.74) is 0. The third-order valence-electron chi connectivity index (χ3n) is 4.52. The van der Waals surface area contributed by atoms with Crippen LogP contribution in [0.1, 0.15) is 18.7 Å². The van der Waals surface area contributed by atoms with Gasteiger partial charge in [-0.1, -0.05) is 0 Å². The van der Waals surface area contributed by atoms with Crippen LogP contribution in [0.2, 0.25) is 0 Å². The van der Waals surface area contributed by atoms with Crippen molar-refractivity contribution in [2.24, 2.45) is 5.92 Å². The zero-order chi connectivity index (χ0) is 16.9. The Morgan fingerprint density at radius 2 is 2.00 bits per heavy atom. The first kappa shape index (κ1) is 16.5. The molecule has 1 aliphatic rings. The maximum Gasteiger partial charge on any atom is 0.260 e. The molecule has 128 valence electrons. The average molecular weight is 331 g/mol. The average Bonchev–Trinajstić information content (AvgIpc) is 3.00. The van der Waals surface area contributed by atoms with Gasteiger partial charge in [-0.15, -0.1) is 0 Å². The number of ether oxygens (including phenoxy) is 1. The molecule has 0 N–H and O–H groups in total. The fourth-order valence-electron chi connectivity index (χ4n) is 3.01. The number of carbonyl (C=O) groups excluding carboxylic acids is 1. The molecule has 6 heteroatoms. The summed E-state index contributed by atoms with van der Waals surface area (Å²) in [6.45, 7) is 4.47. The van der Waals surface area contributed by atoms with Crippen molar-refractivity contribution in [3.8, 4) is 5.75 Å². The summed E-state index contributed by atoms with van der Waals surface area (Å²) >= 11 is 0. The van der Waals surface area contributed by atoms with Gasteiger partial charge in [0.2, 0.25) is 0 Å². The summed E-state index contributed by atoms with van der Waals surface area (Å²) < 4.78 is 20.4. The molecule has 3 rings (SSSR count). The second kappa shape index (κ2) is 7.47. The van der Waals surface area contributed by atoms with E-state index in [9.17, 15) is 9.18 Å². The molecule has 0 atom stereocenters. The Hall–Kier alpha value is -2.37. The zero-order valence-corrected chi connectivity index (χ0v) is 13.8. The van der Waals surface area contributed by atoms with Crippen molar-refractivity contribution in [1.29, 1.82) is 0 Å². The van der Waals surface area contributed by atoms with Crippen LogP contribution in [0, 0.1) is 18.7 Å². The lowest BCUT2D eigenvalue weighted by molar-refractivity contribution is -0.134. The minimum absolute atomic E-state index is 0.00305. The van der Waals surface area contributed by atoms with E-state index in [2.05, 4.69) is 9.55 Å². The molecule has 24 heavy (non-hydrogen) atoms. The van der Waals surface area contributed by atoms with E-state index in [1.54, 1.807) is 0 Å². The number of nitrogens with zero attached hydrogens (tertiary/aromatic N) is 3. The lowest BCUT2D eigenvalue weighted by Crippen LogP contribution is -2.41. The van der Waals surface area contributed by atoms with Crippen LogP contribution < -0.4 is 4.74 Å². The quantitative estimate of drug-likeness (QED) is 0.846. The van der Waals surface area contributed by atoms with Gasteiger partial charge in [0.15, 0.2) is 6.61 Å². The maximum atomic E-state index is 12.8. The van der Waals surface area contributed by atoms with Crippen molar-refractivity contribution in [1.82, 2.24) is 14.5 Å². The molecule has 2 heterocycles. The van der Waals surface area contributed by atoms with Crippen LogP contribution in [-0.4, -0.2) is 40.1 Å². The molecule has 1 saturated heterocycles. The molecule has 5 nitrogen and oxygen atoms in total. The molecule has 1 aliphatic heterocycles. The molecule has 2 aromatic rings. The molecular formula is C18H22FN3O2. The van der Waals surface area contributed by atoms with E-state index in [4.69, 9.17) is 4.74 Å². The van der Waals surface area contributed by atoms with Gasteiger partial charge in [-0.3, -0.25) is 4.79 Å². The standard InChI is InChI=1S/C18H22FN3O2/c1-14-20-8-11-22(14)12-15-6-9-21(10-7-15)18(23)13-24-17-4-2-16(19)3-5-17/h2-5,8,11,15H,6-7,9-10,12-13H2,1H3. The number of hydrogen-bond acceptors (Lipinski definition) is 3. The van der Waals surface area contributed by atoms with Gasteiger partial charge < -0.3 is 14.2 Å². The van der Waals surface area contributed by atoms with Crippen LogP contribution >= 0.6 is 0 Å². The highest BCUT2D eigenvalue weighted by atomic mass is 19.1. The molecule has 0 radical (unpaired) electrons. The van der Waals surface area contributed by atoms with E-state index >= 15 is 0 Å². The molecule has 1 fully saturated rings. The number of aromatic nitrogens is 2. The Kier molecular flexibility index (Phi) is 5.13. The summed E-state index contributed by atoms with van der Waals surface area (Å²) in [4.78, 5) is 18.3. The van der Waals surface area contributed by atoms with Gasteiger partial charge in [0.25, 0.3) is 5.91 Å². The number of likely N-dealkylation sites (tertiary alicyclic amines) is 1. The van der Waals surface area contributed by atoms with Gasteiger partial charge in [-0.25, -0.2) is 9.37 Å². The third kappa shape index (κ3) is 4.13. The van der Waals surface area contributed by atoms with Crippen molar-refractivity contribution in [3.05, 3.63) is 48.3 Å². The van der Waals surface area contributed by atoms with E-state index < -0.39 is 0 Å². The normalized spacial score (nSPS) is 15.5. The van der Waals surface area contributed by atoms with E-state index in [1.165, 1.54) is 24.3 Å². The number of piperidine rings is 1. The SMILES string of the molecule is Cc1nccn1CC1CCN(C(=O)COc2ccc(F)cc2)CC1. The first-order valence-electron chi connectivity index (χ1n) is 8.25. The van der Waals surface area contributed by atoms with Crippen molar-refractivity contribution >= 4 is 5.91 Å². The first-order chi connectivity index (χ1) is 11.6. The number of imidazole rings is 1. The third-order valence-corrected chi connectivity index (χ3v) is 4.52. The highest BCUT2D eigenvalue weighted by Gasteiger charge is 2.23. The number of amides is 1. The Bertz CT molecular complexity index is 676. The van der Waals surface area contributed by atoms with Gasteiger partial charge >= 0.3 is 0 Å². The predicted octanol–water partition coefficient (Wildman–Crippen LogP) is 2.65. The molecule has 0 bridgehead atoms. The summed E-state index contributed by atoms with van der Waals surface area (Å²) in [6.07, 6.45) is 5.80. The topological polar surface area (TPSA) is 47.4 Å². The highest BCUT2D eigenvalue weighted by Crippen LogP contribution is 2.20. The van der Waals surface area contributed by atoms with Gasteiger partial charge in [0, 0.05) is 32.0 Å².